The Bertz CT molecular complexity index is 261. The third kappa shape index (κ3) is 3.02. The second-order valence-corrected chi connectivity index (χ2v) is 3.83. The Labute approximate surface area is 84.4 Å². The predicted molar refractivity (Wildman–Crippen MR) is 56.2 cm³/mol. The number of aryl methyl sites for hydroxylation is 1. The molecule has 0 heterocycles. The fourth-order valence-corrected chi connectivity index (χ4v) is 1.65. The van der Waals surface area contributed by atoms with E-state index in [1.165, 1.54) is 5.56 Å². The van der Waals surface area contributed by atoms with Crippen LogP contribution in [-0.4, -0.2) is 11.2 Å². The van der Waals surface area contributed by atoms with Crippen LogP contribution in [0.15, 0.2) is 18.2 Å². The largest absolute Gasteiger partial charge is 0.393 e. The molecule has 1 unspecified atom stereocenters. The second-order valence-electron chi connectivity index (χ2n) is 3.42. The van der Waals surface area contributed by atoms with Gasteiger partial charge >= 0.3 is 0 Å². The van der Waals surface area contributed by atoms with Gasteiger partial charge in [0.05, 0.1) is 6.10 Å². The summed E-state index contributed by atoms with van der Waals surface area (Å²) in [4.78, 5) is 0. The summed E-state index contributed by atoms with van der Waals surface area (Å²) < 4.78 is 0. The van der Waals surface area contributed by atoms with Crippen molar-refractivity contribution in [3.63, 3.8) is 0 Å². The van der Waals surface area contributed by atoms with Crippen LogP contribution in [0, 0.1) is 6.92 Å². The quantitative estimate of drug-likeness (QED) is 0.792. The van der Waals surface area contributed by atoms with Gasteiger partial charge in [0, 0.05) is 5.02 Å². The van der Waals surface area contributed by atoms with Crippen LogP contribution in [0.1, 0.15) is 24.5 Å². The van der Waals surface area contributed by atoms with Gasteiger partial charge in [-0.15, -0.1) is 0 Å². The van der Waals surface area contributed by atoms with Crippen LogP contribution in [0.5, 0.6) is 0 Å². The van der Waals surface area contributed by atoms with Crippen molar-refractivity contribution in [3.8, 4) is 0 Å². The molecule has 13 heavy (non-hydrogen) atoms. The number of halogens is 1. The van der Waals surface area contributed by atoms with Crippen LogP contribution in [-0.2, 0) is 6.42 Å². The summed E-state index contributed by atoms with van der Waals surface area (Å²) in [5.74, 6) is 0. The highest BCUT2D eigenvalue weighted by Gasteiger charge is 2.04. The number of aliphatic hydroxyl groups excluding tert-OH is 1. The highest BCUT2D eigenvalue weighted by molar-refractivity contribution is 6.31. The maximum atomic E-state index is 9.15. The van der Waals surface area contributed by atoms with Crippen molar-refractivity contribution in [2.75, 3.05) is 0 Å². The normalized spacial score (nSPS) is 12.9. The predicted octanol–water partition coefficient (Wildman–Crippen LogP) is 2.96. The molecular formula is C11H15ClO. The molecule has 1 nitrogen and oxygen atoms in total. The van der Waals surface area contributed by atoms with Crippen molar-refractivity contribution in [2.45, 2.75) is 32.8 Å². The van der Waals surface area contributed by atoms with Gasteiger partial charge in [-0.3, -0.25) is 0 Å². The van der Waals surface area contributed by atoms with E-state index >= 15 is 0 Å². The number of rotatable bonds is 3. The number of hydrogen-bond donors (Lipinski definition) is 1. The average Bonchev–Trinajstić information content (AvgIpc) is 2.03. The summed E-state index contributed by atoms with van der Waals surface area (Å²) in [5.41, 5.74) is 2.36. The average molecular weight is 199 g/mol. The lowest BCUT2D eigenvalue weighted by molar-refractivity contribution is 0.185. The monoisotopic (exact) mass is 198 g/mol. The van der Waals surface area contributed by atoms with E-state index < -0.39 is 0 Å². The lowest BCUT2D eigenvalue weighted by Gasteiger charge is -2.09. The maximum Gasteiger partial charge on any atom is 0.0515 e. The smallest absolute Gasteiger partial charge is 0.0515 e. The first-order chi connectivity index (χ1) is 6.11. The topological polar surface area (TPSA) is 20.2 Å². The van der Waals surface area contributed by atoms with E-state index in [-0.39, 0.29) is 6.10 Å². The van der Waals surface area contributed by atoms with Crippen LogP contribution in [0.3, 0.4) is 0 Å². The Hall–Kier alpha value is -0.530. The highest BCUT2D eigenvalue weighted by atomic mass is 35.5. The molecule has 0 spiro atoms. The molecule has 0 amide bonds. The van der Waals surface area contributed by atoms with Gasteiger partial charge in [-0.1, -0.05) is 23.7 Å². The zero-order chi connectivity index (χ0) is 9.84. The number of benzene rings is 1. The molecule has 1 N–H and O–H groups in total. The minimum absolute atomic E-state index is 0.254. The van der Waals surface area contributed by atoms with Crippen molar-refractivity contribution >= 4 is 11.6 Å². The van der Waals surface area contributed by atoms with Crippen molar-refractivity contribution in [1.29, 1.82) is 0 Å². The summed E-state index contributed by atoms with van der Waals surface area (Å²) in [6.07, 6.45) is 1.36. The van der Waals surface area contributed by atoms with Gasteiger partial charge in [0.25, 0.3) is 0 Å². The number of hydrogen-bond acceptors (Lipinski definition) is 1. The minimum atomic E-state index is -0.254. The van der Waals surface area contributed by atoms with Crippen LogP contribution in [0.4, 0.5) is 0 Å². The first-order valence-electron chi connectivity index (χ1n) is 4.53. The van der Waals surface area contributed by atoms with Crippen LogP contribution < -0.4 is 0 Å². The molecule has 0 aliphatic heterocycles. The summed E-state index contributed by atoms with van der Waals surface area (Å²) in [7, 11) is 0. The summed E-state index contributed by atoms with van der Waals surface area (Å²) in [6.45, 7) is 3.84. The molecule has 1 atom stereocenters. The third-order valence-electron chi connectivity index (χ3n) is 2.17. The van der Waals surface area contributed by atoms with Crippen molar-refractivity contribution in [1.82, 2.24) is 0 Å². The lowest BCUT2D eigenvalue weighted by Crippen LogP contribution is -2.02. The van der Waals surface area contributed by atoms with Crippen LogP contribution in [0.25, 0.3) is 0 Å². The van der Waals surface area contributed by atoms with Crippen LogP contribution >= 0.6 is 11.6 Å². The zero-order valence-corrected chi connectivity index (χ0v) is 8.80. The van der Waals surface area contributed by atoms with Crippen molar-refractivity contribution in [2.24, 2.45) is 0 Å². The zero-order valence-electron chi connectivity index (χ0n) is 8.05. The Morgan fingerprint density at radius 2 is 2.15 bits per heavy atom. The third-order valence-corrected chi connectivity index (χ3v) is 2.52. The molecule has 72 valence electrons. The standard InChI is InChI=1S/C11H15ClO/c1-8-4-3-5-11(12)10(8)7-6-9(2)13/h3-5,9,13H,6-7H2,1-2H3. The van der Waals surface area contributed by atoms with Crippen molar-refractivity contribution in [3.05, 3.63) is 34.3 Å². The molecule has 0 aliphatic carbocycles. The Morgan fingerprint density at radius 1 is 1.46 bits per heavy atom. The van der Waals surface area contributed by atoms with E-state index in [1.807, 2.05) is 25.1 Å². The van der Waals surface area contributed by atoms with Gasteiger partial charge in [-0.2, -0.15) is 0 Å². The molecule has 0 radical (unpaired) electrons. The molecule has 1 rings (SSSR count). The second kappa shape index (κ2) is 4.64. The van der Waals surface area contributed by atoms with Gasteiger partial charge in [0.1, 0.15) is 0 Å². The molecule has 0 fully saturated rings. The summed E-state index contributed by atoms with van der Waals surface area (Å²) in [6, 6.07) is 5.89. The van der Waals surface area contributed by atoms with E-state index in [0.717, 1.165) is 23.4 Å². The van der Waals surface area contributed by atoms with Gasteiger partial charge in [-0.05, 0) is 43.9 Å². The Morgan fingerprint density at radius 3 is 2.69 bits per heavy atom. The summed E-state index contributed by atoms with van der Waals surface area (Å²) >= 11 is 6.03. The SMILES string of the molecule is Cc1cccc(Cl)c1CCC(C)O. The molecule has 0 aliphatic rings. The molecule has 0 saturated heterocycles. The van der Waals surface area contributed by atoms with Crippen LogP contribution in [0.2, 0.25) is 5.02 Å². The van der Waals surface area contributed by atoms with E-state index in [4.69, 9.17) is 16.7 Å². The van der Waals surface area contributed by atoms with E-state index in [0.29, 0.717) is 0 Å². The molecule has 0 bridgehead atoms. The van der Waals surface area contributed by atoms with E-state index in [1.54, 1.807) is 6.92 Å². The molecule has 1 aromatic carbocycles. The number of aliphatic hydroxyl groups is 1. The minimum Gasteiger partial charge on any atom is -0.393 e. The lowest BCUT2D eigenvalue weighted by atomic mass is 10.0. The fraction of sp³-hybridized carbons (Fsp3) is 0.455. The van der Waals surface area contributed by atoms with Gasteiger partial charge < -0.3 is 5.11 Å². The van der Waals surface area contributed by atoms with E-state index in [9.17, 15) is 0 Å². The van der Waals surface area contributed by atoms with Gasteiger partial charge in [-0.25, -0.2) is 0 Å². The Balaban J connectivity index is 2.75. The van der Waals surface area contributed by atoms with Gasteiger partial charge in [0.2, 0.25) is 0 Å². The first kappa shape index (κ1) is 10.6. The molecule has 0 aromatic heterocycles. The molecule has 2 heteroatoms. The van der Waals surface area contributed by atoms with Gasteiger partial charge in [0.15, 0.2) is 0 Å². The fourth-order valence-electron chi connectivity index (χ4n) is 1.34. The molecule has 1 aromatic rings. The first-order valence-corrected chi connectivity index (χ1v) is 4.91. The van der Waals surface area contributed by atoms with E-state index in [2.05, 4.69) is 0 Å². The highest BCUT2D eigenvalue weighted by Crippen LogP contribution is 2.21. The molecule has 0 saturated carbocycles. The molecular weight excluding hydrogens is 184 g/mol. The maximum absolute atomic E-state index is 9.15. The Kier molecular flexibility index (Phi) is 3.76. The van der Waals surface area contributed by atoms with Crippen molar-refractivity contribution < 1.29 is 5.11 Å². The summed E-state index contributed by atoms with van der Waals surface area (Å²) in [5, 5.41) is 9.96.